The van der Waals surface area contributed by atoms with Crippen molar-refractivity contribution in [2.24, 2.45) is 17.8 Å². The first kappa shape index (κ1) is 12.6. The van der Waals surface area contributed by atoms with Crippen molar-refractivity contribution in [1.82, 2.24) is 5.23 Å². The highest BCUT2D eigenvalue weighted by atomic mass is 28.4. The standard InChI is InChI=1S/C12H25NO2Si/c1-9(2)11-7-6-10-8-14-13(12(10)11)15-16(3,4)5/h9-12H,6-8H2,1-5H3. The SMILES string of the molecule is CC(C)C1CCC2CON(O[Si](C)(C)C)C21. The molecule has 94 valence electrons. The zero-order chi connectivity index (χ0) is 11.9. The first-order valence-electron chi connectivity index (χ1n) is 6.50. The van der Waals surface area contributed by atoms with E-state index in [1.165, 1.54) is 12.8 Å². The van der Waals surface area contributed by atoms with Gasteiger partial charge in [0, 0.05) is 5.92 Å². The van der Waals surface area contributed by atoms with Crippen LogP contribution < -0.4 is 0 Å². The van der Waals surface area contributed by atoms with Crippen LogP contribution in [-0.2, 0) is 9.36 Å². The van der Waals surface area contributed by atoms with Gasteiger partial charge in [0.2, 0.25) is 8.32 Å². The summed E-state index contributed by atoms with van der Waals surface area (Å²) in [5, 5.41) is 1.87. The molecule has 1 saturated carbocycles. The number of hydrogen-bond donors (Lipinski definition) is 0. The quantitative estimate of drug-likeness (QED) is 0.711. The first-order chi connectivity index (χ1) is 7.38. The van der Waals surface area contributed by atoms with Crippen LogP contribution in [0, 0.1) is 17.8 Å². The molecular formula is C12H25NO2Si. The summed E-state index contributed by atoms with van der Waals surface area (Å²) < 4.78 is 6.04. The molecule has 1 aliphatic carbocycles. The van der Waals surface area contributed by atoms with E-state index in [2.05, 4.69) is 33.5 Å². The van der Waals surface area contributed by atoms with Gasteiger partial charge in [0.15, 0.2) is 0 Å². The van der Waals surface area contributed by atoms with Gasteiger partial charge in [0.1, 0.15) is 0 Å². The van der Waals surface area contributed by atoms with Crippen LogP contribution in [0.3, 0.4) is 0 Å². The van der Waals surface area contributed by atoms with Crippen LogP contribution in [0.1, 0.15) is 26.7 Å². The Kier molecular flexibility index (Phi) is 3.46. The van der Waals surface area contributed by atoms with E-state index in [0.29, 0.717) is 12.0 Å². The largest absolute Gasteiger partial charge is 0.321 e. The third kappa shape index (κ3) is 2.50. The molecule has 1 saturated heterocycles. The number of hydroxylamine groups is 2. The van der Waals surface area contributed by atoms with Crippen LogP contribution in [0.15, 0.2) is 0 Å². The highest BCUT2D eigenvalue weighted by molar-refractivity contribution is 6.69. The van der Waals surface area contributed by atoms with Gasteiger partial charge in [0.25, 0.3) is 0 Å². The molecule has 2 fully saturated rings. The van der Waals surface area contributed by atoms with E-state index in [9.17, 15) is 0 Å². The minimum atomic E-state index is -1.55. The van der Waals surface area contributed by atoms with Crippen LogP contribution in [0.25, 0.3) is 0 Å². The number of hydrogen-bond acceptors (Lipinski definition) is 3. The van der Waals surface area contributed by atoms with Crippen LogP contribution in [0.2, 0.25) is 19.6 Å². The molecule has 16 heavy (non-hydrogen) atoms. The Labute approximate surface area is 100 Å². The molecule has 0 spiro atoms. The molecule has 4 heteroatoms. The predicted molar refractivity (Wildman–Crippen MR) is 67.1 cm³/mol. The summed E-state index contributed by atoms with van der Waals surface area (Å²) in [6.45, 7) is 12.1. The van der Waals surface area contributed by atoms with Gasteiger partial charge in [-0.15, -0.1) is 0 Å². The molecule has 0 amide bonds. The van der Waals surface area contributed by atoms with Gasteiger partial charge >= 0.3 is 0 Å². The highest BCUT2D eigenvalue weighted by Gasteiger charge is 2.48. The minimum absolute atomic E-state index is 0.506. The van der Waals surface area contributed by atoms with E-state index in [1.807, 2.05) is 5.23 Å². The topological polar surface area (TPSA) is 21.7 Å². The van der Waals surface area contributed by atoms with Crippen molar-refractivity contribution in [2.45, 2.75) is 52.4 Å². The second-order valence-electron chi connectivity index (χ2n) is 6.52. The molecule has 2 aliphatic rings. The number of nitrogens with zero attached hydrogens (tertiary/aromatic N) is 1. The van der Waals surface area contributed by atoms with Crippen molar-refractivity contribution in [3.05, 3.63) is 0 Å². The molecular weight excluding hydrogens is 218 g/mol. The van der Waals surface area contributed by atoms with Gasteiger partial charge in [-0.05, 0) is 44.3 Å². The molecule has 0 radical (unpaired) electrons. The predicted octanol–water partition coefficient (Wildman–Crippen LogP) is 3.05. The lowest BCUT2D eigenvalue weighted by molar-refractivity contribution is -0.317. The van der Waals surface area contributed by atoms with Crippen molar-refractivity contribution in [3.63, 3.8) is 0 Å². The van der Waals surface area contributed by atoms with Crippen molar-refractivity contribution in [2.75, 3.05) is 6.61 Å². The summed E-state index contributed by atoms with van der Waals surface area (Å²) in [6.07, 6.45) is 2.64. The average molecular weight is 243 g/mol. The Morgan fingerprint density at radius 2 is 1.94 bits per heavy atom. The van der Waals surface area contributed by atoms with Crippen LogP contribution in [0.4, 0.5) is 0 Å². The van der Waals surface area contributed by atoms with Crippen LogP contribution in [-0.4, -0.2) is 26.2 Å². The third-order valence-corrected chi connectivity index (χ3v) is 4.40. The van der Waals surface area contributed by atoms with Crippen LogP contribution in [0.5, 0.6) is 0 Å². The number of fused-ring (bicyclic) bond motifs is 1. The van der Waals surface area contributed by atoms with Gasteiger partial charge in [-0.25, -0.2) is 0 Å². The fourth-order valence-electron chi connectivity index (χ4n) is 2.95. The summed E-state index contributed by atoms with van der Waals surface area (Å²) in [5.74, 6) is 2.16. The number of rotatable bonds is 3. The fourth-order valence-corrected chi connectivity index (χ4v) is 3.66. The lowest BCUT2D eigenvalue weighted by Gasteiger charge is -2.32. The monoisotopic (exact) mass is 243 g/mol. The van der Waals surface area contributed by atoms with Crippen molar-refractivity contribution >= 4 is 8.32 Å². The van der Waals surface area contributed by atoms with E-state index in [1.54, 1.807) is 0 Å². The van der Waals surface area contributed by atoms with E-state index in [4.69, 9.17) is 9.36 Å². The Hall–Kier alpha value is 0.0969. The minimum Gasteiger partial charge on any atom is -0.321 e. The van der Waals surface area contributed by atoms with Crippen LogP contribution >= 0.6 is 0 Å². The van der Waals surface area contributed by atoms with Gasteiger partial charge in [-0.1, -0.05) is 19.1 Å². The van der Waals surface area contributed by atoms with Gasteiger partial charge in [0.05, 0.1) is 12.6 Å². The molecule has 0 N–H and O–H groups in total. The van der Waals surface area contributed by atoms with E-state index in [0.717, 1.165) is 18.4 Å². The summed E-state index contributed by atoms with van der Waals surface area (Å²) in [4.78, 5) is 5.72. The Balaban J connectivity index is 2.05. The molecule has 0 aromatic rings. The zero-order valence-corrected chi connectivity index (χ0v) is 12.2. The van der Waals surface area contributed by atoms with Crippen molar-refractivity contribution < 1.29 is 9.36 Å². The summed E-state index contributed by atoms with van der Waals surface area (Å²) in [5.41, 5.74) is 0. The Bertz CT molecular complexity index is 252. The van der Waals surface area contributed by atoms with E-state index < -0.39 is 8.32 Å². The molecule has 0 bridgehead atoms. The maximum absolute atomic E-state index is 6.04. The van der Waals surface area contributed by atoms with Gasteiger partial charge < -0.3 is 4.53 Å². The zero-order valence-electron chi connectivity index (χ0n) is 11.2. The molecule has 3 unspecified atom stereocenters. The molecule has 0 aromatic heterocycles. The maximum Gasteiger partial charge on any atom is 0.215 e. The first-order valence-corrected chi connectivity index (χ1v) is 9.90. The fraction of sp³-hybridized carbons (Fsp3) is 1.00. The van der Waals surface area contributed by atoms with E-state index in [-0.39, 0.29) is 0 Å². The van der Waals surface area contributed by atoms with Crippen molar-refractivity contribution in [1.29, 1.82) is 0 Å². The third-order valence-electron chi connectivity index (χ3n) is 3.67. The maximum atomic E-state index is 6.04. The summed E-state index contributed by atoms with van der Waals surface area (Å²) in [6, 6.07) is 0.506. The van der Waals surface area contributed by atoms with Crippen molar-refractivity contribution in [3.8, 4) is 0 Å². The molecule has 0 aromatic carbocycles. The molecule has 2 rings (SSSR count). The summed E-state index contributed by atoms with van der Waals surface area (Å²) in [7, 11) is -1.55. The summed E-state index contributed by atoms with van der Waals surface area (Å²) >= 11 is 0. The second kappa shape index (κ2) is 4.41. The lowest BCUT2D eigenvalue weighted by atomic mass is 9.89. The lowest BCUT2D eigenvalue weighted by Crippen LogP contribution is -2.43. The highest BCUT2D eigenvalue weighted by Crippen LogP contribution is 2.43. The van der Waals surface area contributed by atoms with Gasteiger partial charge in [-0.2, -0.15) is 0 Å². The Morgan fingerprint density at radius 3 is 2.50 bits per heavy atom. The van der Waals surface area contributed by atoms with Gasteiger partial charge in [-0.3, -0.25) is 4.84 Å². The molecule has 3 nitrogen and oxygen atoms in total. The normalized spacial score (nSPS) is 36.0. The molecule has 1 aliphatic heterocycles. The molecule has 1 heterocycles. The van der Waals surface area contributed by atoms with E-state index >= 15 is 0 Å². The Morgan fingerprint density at radius 1 is 1.25 bits per heavy atom. The molecule has 3 atom stereocenters. The average Bonchev–Trinajstić information content (AvgIpc) is 2.65. The second-order valence-corrected chi connectivity index (χ2v) is 10.9. The smallest absolute Gasteiger partial charge is 0.215 e.